The SMILES string of the molecule is Cn1c(C(F)(F)F)cc(=O)n(-c2ccc(C(F)(F)F)cc2)c1=O. The van der Waals surface area contributed by atoms with Gasteiger partial charge in [0, 0.05) is 13.1 Å². The summed E-state index contributed by atoms with van der Waals surface area (Å²) in [6.07, 6.45) is -9.53. The maximum atomic E-state index is 12.7. The molecule has 1 heterocycles. The normalized spacial score (nSPS) is 12.5. The fraction of sp³-hybridized carbons (Fsp3) is 0.231. The monoisotopic (exact) mass is 338 g/mol. The summed E-state index contributed by atoms with van der Waals surface area (Å²) in [5, 5.41) is 0. The van der Waals surface area contributed by atoms with Crippen LogP contribution in [0.25, 0.3) is 5.69 Å². The van der Waals surface area contributed by atoms with Crippen LogP contribution in [0, 0.1) is 0 Å². The van der Waals surface area contributed by atoms with E-state index in [1.165, 1.54) is 0 Å². The molecule has 0 bridgehead atoms. The number of benzene rings is 1. The Morgan fingerprint density at radius 1 is 0.870 bits per heavy atom. The van der Waals surface area contributed by atoms with Crippen molar-refractivity contribution in [3.05, 3.63) is 62.4 Å². The number of aromatic nitrogens is 2. The molecule has 0 unspecified atom stereocenters. The van der Waals surface area contributed by atoms with E-state index in [1.807, 2.05) is 0 Å². The third-order valence-electron chi connectivity index (χ3n) is 3.06. The lowest BCUT2D eigenvalue weighted by atomic mass is 10.2. The van der Waals surface area contributed by atoms with E-state index in [2.05, 4.69) is 0 Å². The van der Waals surface area contributed by atoms with Gasteiger partial charge in [0.2, 0.25) is 0 Å². The van der Waals surface area contributed by atoms with Crippen molar-refractivity contribution in [2.75, 3.05) is 0 Å². The average Bonchev–Trinajstić information content (AvgIpc) is 2.41. The molecule has 4 nitrogen and oxygen atoms in total. The Hall–Kier alpha value is -2.52. The van der Waals surface area contributed by atoms with Crippen LogP contribution in [0.15, 0.2) is 39.9 Å². The second kappa shape index (κ2) is 5.28. The lowest BCUT2D eigenvalue weighted by Gasteiger charge is -2.14. The third-order valence-corrected chi connectivity index (χ3v) is 3.06. The second-order valence-electron chi connectivity index (χ2n) is 4.59. The van der Waals surface area contributed by atoms with Crippen molar-refractivity contribution in [3.8, 4) is 5.69 Å². The van der Waals surface area contributed by atoms with Crippen LogP contribution in [-0.4, -0.2) is 9.13 Å². The zero-order valence-electron chi connectivity index (χ0n) is 11.4. The number of hydrogen-bond donors (Lipinski definition) is 0. The Morgan fingerprint density at radius 2 is 1.39 bits per heavy atom. The van der Waals surface area contributed by atoms with Gasteiger partial charge in [-0.05, 0) is 24.3 Å². The number of hydrogen-bond acceptors (Lipinski definition) is 2. The molecule has 2 rings (SSSR count). The highest BCUT2D eigenvalue weighted by molar-refractivity contribution is 5.36. The summed E-state index contributed by atoms with van der Waals surface area (Å²) in [5.41, 5.74) is -5.34. The molecule has 124 valence electrons. The quantitative estimate of drug-likeness (QED) is 0.750. The zero-order chi connectivity index (χ0) is 17.6. The standard InChI is InChI=1S/C13H8F6N2O2/c1-20-9(13(17,18)19)6-10(22)21(11(20)23)8-4-2-7(3-5-8)12(14,15)16/h2-6H,1H3. The van der Waals surface area contributed by atoms with Gasteiger partial charge in [-0.15, -0.1) is 0 Å². The molecule has 10 heteroatoms. The zero-order valence-corrected chi connectivity index (χ0v) is 11.4. The van der Waals surface area contributed by atoms with E-state index in [1.54, 1.807) is 0 Å². The van der Waals surface area contributed by atoms with Crippen molar-refractivity contribution in [2.45, 2.75) is 12.4 Å². The molecule has 2 aromatic rings. The van der Waals surface area contributed by atoms with Crippen LogP contribution in [0.4, 0.5) is 26.3 Å². The molecule has 0 atom stereocenters. The van der Waals surface area contributed by atoms with Gasteiger partial charge in [-0.2, -0.15) is 26.3 Å². The topological polar surface area (TPSA) is 44.0 Å². The van der Waals surface area contributed by atoms with E-state index >= 15 is 0 Å². The molecule has 0 radical (unpaired) electrons. The fourth-order valence-electron chi connectivity index (χ4n) is 1.93. The maximum Gasteiger partial charge on any atom is 0.431 e. The van der Waals surface area contributed by atoms with Crippen molar-refractivity contribution in [3.63, 3.8) is 0 Å². The number of nitrogens with zero attached hydrogens (tertiary/aromatic N) is 2. The minimum atomic E-state index is -4.91. The van der Waals surface area contributed by atoms with Crippen LogP contribution in [0.3, 0.4) is 0 Å². The van der Waals surface area contributed by atoms with Gasteiger partial charge in [-0.3, -0.25) is 9.36 Å². The first kappa shape index (κ1) is 16.8. The minimum absolute atomic E-state index is 0.207. The lowest BCUT2D eigenvalue weighted by molar-refractivity contribution is -0.144. The van der Waals surface area contributed by atoms with E-state index in [4.69, 9.17) is 0 Å². The van der Waals surface area contributed by atoms with Gasteiger partial charge < -0.3 is 0 Å². The van der Waals surface area contributed by atoms with Crippen LogP contribution in [0.1, 0.15) is 11.3 Å². The average molecular weight is 338 g/mol. The molecule has 0 amide bonds. The summed E-state index contributed by atoms with van der Waals surface area (Å²) < 4.78 is 76.1. The van der Waals surface area contributed by atoms with E-state index in [-0.39, 0.29) is 16.3 Å². The summed E-state index contributed by atoms with van der Waals surface area (Å²) in [7, 11) is 0.811. The van der Waals surface area contributed by atoms with Crippen LogP contribution in [-0.2, 0) is 19.4 Å². The highest BCUT2D eigenvalue weighted by Crippen LogP contribution is 2.29. The molecule has 0 aliphatic heterocycles. The van der Waals surface area contributed by atoms with Crippen LogP contribution in [0.5, 0.6) is 0 Å². The Kier molecular flexibility index (Phi) is 3.87. The summed E-state index contributed by atoms with van der Waals surface area (Å²) in [4.78, 5) is 23.7. The number of halogens is 6. The molecular weight excluding hydrogens is 330 g/mol. The third kappa shape index (κ3) is 3.15. The van der Waals surface area contributed by atoms with E-state index in [9.17, 15) is 35.9 Å². The molecule has 0 aliphatic carbocycles. The summed E-state index contributed by atoms with van der Waals surface area (Å²) in [6.45, 7) is 0. The van der Waals surface area contributed by atoms with Gasteiger partial charge >= 0.3 is 18.0 Å². The first-order valence-corrected chi connectivity index (χ1v) is 6.01. The first-order valence-electron chi connectivity index (χ1n) is 6.01. The molecule has 1 aromatic carbocycles. The Balaban J connectivity index is 2.64. The largest absolute Gasteiger partial charge is 0.431 e. The molecule has 0 N–H and O–H groups in total. The van der Waals surface area contributed by atoms with Crippen molar-refractivity contribution in [1.82, 2.24) is 9.13 Å². The molecule has 0 spiro atoms. The molecule has 0 saturated carbocycles. The van der Waals surface area contributed by atoms with Gasteiger partial charge in [0.25, 0.3) is 5.56 Å². The minimum Gasteiger partial charge on any atom is -0.292 e. The van der Waals surface area contributed by atoms with E-state index in [0.717, 1.165) is 19.2 Å². The number of alkyl halides is 6. The molecular formula is C13H8F6N2O2. The number of rotatable bonds is 1. The first-order chi connectivity index (χ1) is 10.4. The van der Waals surface area contributed by atoms with Crippen molar-refractivity contribution in [1.29, 1.82) is 0 Å². The molecule has 0 saturated heterocycles. The van der Waals surface area contributed by atoms with Gasteiger partial charge in [-0.25, -0.2) is 9.36 Å². The van der Waals surface area contributed by atoms with Gasteiger partial charge in [-0.1, -0.05) is 0 Å². The van der Waals surface area contributed by atoms with Gasteiger partial charge in [0.15, 0.2) is 0 Å². The van der Waals surface area contributed by atoms with Crippen molar-refractivity contribution >= 4 is 0 Å². The predicted molar refractivity (Wildman–Crippen MR) is 67.3 cm³/mol. The highest BCUT2D eigenvalue weighted by Gasteiger charge is 2.35. The Bertz CT molecular complexity index is 843. The van der Waals surface area contributed by atoms with Crippen molar-refractivity contribution < 1.29 is 26.3 Å². The molecule has 0 fully saturated rings. The highest BCUT2D eigenvalue weighted by atomic mass is 19.4. The van der Waals surface area contributed by atoms with Crippen LogP contribution < -0.4 is 11.2 Å². The van der Waals surface area contributed by atoms with Gasteiger partial charge in [0.1, 0.15) is 5.69 Å². The Morgan fingerprint density at radius 3 is 1.83 bits per heavy atom. The smallest absolute Gasteiger partial charge is 0.292 e. The summed E-state index contributed by atoms with van der Waals surface area (Å²) in [5.74, 6) is 0. The van der Waals surface area contributed by atoms with Crippen LogP contribution in [0.2, 0.25) is 0 Å². The fourth-order valence-corrected chi connectivity index (χ4v) is 1.93. The van der Waals surface area contributed by atoms with Gasteiger partial charge in [0.05, 0.1) is 11.3 Å². The molecule has 1 aromatic heterocycles. The van der Waals surface area contributed by atoms with Crippen molar-refractivity contribution in [2.24, 2.45) is 7.05 Å². The second-order valence-corrected chi connectivity index (χ2v) is 4.59. The summed E-state index contributed by atoms with van der Waals surface area (Å²) in [6, 6.07) is 3.12. The van der Waals surface area contributed by atoms with E-state index in [0.29, 0.717) is 16.7 Å². The Labute approximate surface area is 124 Å². The molecule has 23 heavy (non-hydrogen) atoms. The van der Waals surface area contributed by atoms with Crippen LogP contribution >= 0.6 is 0 Å². The lowest BCUT2D eigenvalue weighted by Crippen LogP contribution is -2.40. The predicted octanol–water partition coefficient (Wildman–Crippen LogP) is 2.57. The maximum absolute atomic E-state index is 12.7. The summed E-state index contributed by atoms with van der Waals surface area (Å²) >= 11 is 0. The molecule has 0 aliphatic rings. The van der Waals surface area contributed by atoms with E-state index < -0.39 is 34.9 Å².